The lowest BCUT2D eigenvalue weighted by molar-refractivity contribution is 0.125. The number of hydrogen-bond acceptors (Lipinski definition) is 3. The van der Waals surface area contributed by atoms with Crippen LogP contribution in [0.1, 0.15) is 38.3 Å². The van der Waals surface area contributed by atoms with E-state index in [1.54, 1.807) is 7.11 Å². The number of rotatable bonds is 7. The number of likely N-dealkylation sites (tertiary alicyclic amines) is 1. The van der Waals surface area contributed by atoms with Crippen LogP contribution in [0.3, 0.4) is 0 Å². The molecule has 1 aliphatic heterocycles. The van der Waals surface area contributed by atoms with E-state index < -0.39 is 0 Å². The van der Waals surface area contributed by atoms with Gasteiger partial charge in [-0.25, -0.2) is 0 Å². The highest BCUT2D eigenvalue weighted by Crippen LogP contribution is 2.36. The van der Waals surface area contributed by atoms with Crippen LogP contribution in [0.2, 0.25) is 5.02 Å². The number of guanidine groups is 1. The minimum absolute atomic E-state index is 0.218. The molecule has 6 heteroatoms. The lowest BCUT2D eigenvalue weighted by Gasteiger charge is -2.39. The van der Waals surface area contributed by atoms with E-state index in [-0.39, 0.29) is 6.04 Å². The number of halogens is 1. The number of benzene rings is 1. The summed E-state index contributed by atoms with van der Waals surface area (Å²) in [5, 5.41) is 7.55. The molecule has 146 valence electrons. The Bertz CT molecular complexity index is 581. The van der Waals surface area contributed by atoms with Crippen molar-refractivity contribution in [2.45, 2.75) is 38.8 Å². The minimum Gasteiger partial charge on any atom is -0.383 e. The summed E-state index contributed by atoms with van der Waals surface area (Å²) in [5.74, 6) is 1.33. The molecule has 2 rings (SSSR count). The maximum Gasteiger partial charge on any atom is 0.191 e. The molecule has 26 heavy (non-hydrogen) atoms. The quantitative estimate of drug-likeness (QED) is 0.562. The predicted octanol–water partition coefficient (Wildman–Crippen LogP) is 3.31. The minimum atomic E-state index is 0.218. The standard InChI is InChI=1S/C20H33ClN4O/c1-5-22-20(24-15(2)14-26-4)23-13-17-9-7-11-25(3)19(17)16-8-6-10-18(21)12-16/h6,8,10,12,15,17,19H,5,7,9,11,13-14H2,1-4H3,(H2,22,23,24). The van der Waals surface area contributed by atoms with Gasteiger partial charge in [0.05, 0.1) is 6.61 Å². The topological polar surface area (TPSA) is 48.9 Å². The Morgan fingerprint density at radius 1 is 1.46 bits per heavy atom. The normalized spacial score (nSPS) is 22.9. The average molecular weight is 381 g/mol. The van der Waals surface area contributed by atoms with Crippen molar-refractivity contribution in [2.24, 2.45) is 10.9 Å². The summed E-state index contributed by atoms with van der Waals surface area (Å²) in [5.41, 5.74) is 1.28. The van der Waals surface area contributed by atoms with E-state index in [2.05, 4.69) is 48.6 Å². The van der Waals surface area contributed by atoms with Crippen molar-refractivity contribution in [1.82, 2.24) is 15.5 Å². The van der Waals surface area contributed by atoms with Crippen LogP contribution < -0.4 is 10.6 Å². The second-order valence-corrected chi connectivity index (χ2v) is 7.54. The molecule has 0 aliphatic carbocycles. The van der Waals surface area contributed by atoms with Gasteiger partial charge in [-0.2, -0.15) is 0 Å². The van der Waals surface area contributed by atoms with Crippen molar-refractivity contribution in [3.8, 4) is 0 Å². The van der Waals surface area contributed by atoms with E-state index >= 15 is 0 Å². The summed E-state index contributed by atoms with van der Waals surface area (Å²) in [6, 6.07) is 8.82. The fourth-order valence-electron chi connectivity index (χ4n) is 3.72. The van der Waals surface area contributed by atoms with Gasteiger partial charge in [-0.3, -0.25) is 9.89 Å². The molecule has 0 spiro atoms. The molecule has 1 fully saturated rings. The second kappa shape index (κ2) is 10.8. The molecule has 0 radical (unpaired) electrons. The van der Waals surface area contributed by atoms with Gasteiger partial charge in [0.1, 0.15) is 0 Å². The lowest BCUT2D eigenvalue weighted by Crippen LogP contribution is -2.44. The number of ether oxygens (including phenoxy) is 1. The van der Waals surface area contributed by atoms with Gasteiger partial charge < -0.3 is 15.4 Å². The van der Waals surface area contributed by atoms with Gasteiger partial charge in [0.2, 0.25) is 0 Å². The smallest absolute Gasteiger partial charge is 0.191 e. The Kier molecular flexibility index (Phi) is 8.69. The highest BCUT2D eigenvalue weighted by Gasteiger charge is 2.30. The summed E-state index contributed by atoms with van der Waals surface area (Å²) in [6.45, 7) is 7.58. The van der Waals surface area contributed by atoms with Gasteiger partial charge in [-0.1, -0.05) is 23.7 Å². The van der Waals surface area contributed by atoms with Gasteiger partial charge in [-0.05, 0) is 63.9 Å². The summed E-state index contributed by atoms with van der Waals surface area (Å²) in [7, 11) is 3.92. The van der Waals surface area contributed by atoms with Gasteiger partial charge >= 0.3 is 0 Å². The largest absolute Gasteiger partial charge is 0.383 e. The molecule has 0 amide bonds. The predicted molar refractivity (Wildman–Crippen MR) is 110 cm³/mol. The fourth-order valence-corrected chi connectivity index (χ4v) is 3.92. The van der Waals surface area contributed by atoms with Crippen molar-refractivity contribution >= 4 is 17.6 Å². The maximum atomic E-state index is 6.24. The molecule has 1 aromatic rings. The number of methoxy groups -OCH3 is 1. The molecule has 5 nitrogen and oxygen atoms in total. The Morgan fingerprint density at radius 2 is 2.27 bits per heavy atom. The van der Waals surface area contributed by atoms with E-state index in [1.165, 1.54) is 18.4 Å². The molecule has 1 heterocycles. The van der Waals surface area contributed by atoms with Crippen LogP contribution in [0, 0.1) is 5.92 Å². The summed E-state index contributed by atoms with van der Waals surface area (Å²) in [6.07, 6.45) is 2.38. The van der Waals surface area contributed by atoms with Crippen molar-refractivity contribution in [1.29, 1.82) is 0 Å². The van der Waals surface area contributed by atoms with Crippen LogP contribution in [-0.4, -0.2) is 57.3 Å². The number of nitrogens with one attached hydrogen (secondary N) is 2. The van der Waals surface area contributed by atoms with Crippen LogP contribution in [0.25, 0.3) is 0 Å². The van der Waals surface area contributed by atoms with Crippen molar-refractivity contribution in [3.05, 3.63) is 34.9 Å². The molecular weight excluding hydrogens is 348 g/mol. The zero-order valence-electron chi connectivity index (χ0n) is 16.5. The van der Waals surface area contributed by atoms with Crippen LogP contribution in [0.4, 0.5) is 0 Å². The molecule has 3 unspecified atom stereocenters. The number of hydrogen-bond donors (Lipinski definition) is 2. The average Bonchev–Trinajstić information content (AvgIpc) is 2.60. The third-order valence-electron chi connectivity index (χ3n) is 4.83. The first-order valence-corrected chi connectivity index (χ1v) is 9.92. The molecule has 1 aromatic carbocycles. The molecule has 1 saturated heterocycles. The van der Waals surface area contributed by atoms with Crippen molar-refractivity contribution < 1.29 is 4.74 Å². The highest BCUT2D eigenvalue weighted by atomic mass is 35.5. The zero-order chi connectivity index (χ0) is 18.9. The first kappa shape index (κ1) is 21.0. The van der Waals surface area contributed by atoms with E-state index in [4.69, 9.17) is 21.3 Å². The molecular formula is C20H33ClN4O. The number of nitrogens with zero attached hydrogens (tertiary/aromatic N) is 2. The highest BCUT2D eigenvalue weighted by molar-refractivity contribution is 6.30. The third-order valence-corrected chi connectivity index (χ3v) is 5.06. The first-order valence-electron chi connectivity index (χ1n) is 9.54. The van der Waals surface area contributed by atoms with Crippen LogP contribution in [0.5, 0.6) is 0 Å². The lowest BCUT2D eigenvalue weighted by atomic mass is 9.85. The van der Waals surface area contributed by atoms with Gasteiger partial charge in [0.25, 0.3) is 0 Å². The zero-order valence-corrected chi connectivity index (χ0v) is 17.2. The van der Waals surface area contributed by atoms with E-state index in [1.807, 2.05) is 12.1 Å². The SMILES string of the molecule is CCNC(=NCC1CCCN(C)C1c1cccc(Cl)c1)NC(C)COC. The van der Waals surface area contributed by atoms with Crippen LogP contribution in [0.15, 0.2) is 29.3 Å². The Balaban J connectivity index is 2.12. The Morgan fingerprint density at radius 3 is 2.96 bits per heavy atom. The summed E-state index contributed by atoms with van der Waals surface area (Å²) >= 11 is 6.24. The summed E-state index contributed by atoms with van der Waals surface area (Å²) < 4.78 is 5.21. The van der Waals surface area contributed by atoms with E-state index in [0.717, 1.165) is 30.6 Å². The van der Waals surface area contributed by atoms with Crippen molar-refractivity contribution in [3.63, 3.8) is 0 Å². The molecule has 0 saturated carbocycles. The maximum absolute atomic E-state index is 6.24. The van der Waals surface area contributed by atoms with Crippen LogP contribution in [-0.2, 0) is 4.74 Å². The Labute approximate surface area is 163 Å². The number of aliphatic imine (C=N–C) groups is 1. The second-order valence-electron chi connectivity index (χ2n) is 7.10. The number of piperidine rings is 1. The molecule has 1 aliphatic rings. The van der Waals surface area contributed by atoms with Crippen molar-refractivity contribution in [2.75, 3.05) is 40.4 Å². The molecule has 0 bridgehead atoms. The molecule has 3 atom stereocenters. The van der Waals surface area contributed by atoms with Gasteiger partial charge in [0, 0.05) is 37.3 Å². The van der Waals surface area contributed by atoms with Crippen LogP contribution >= 0.6 is 11.6 Å². The monoisotopic (exact) mass is 380 g/mol. The fraction of sp³-hybridized carbons (Fsp3) is 0.650. The molecule has 2 N–H and O–H groups in total. The van der Waals surface area contributed by atoms with Gasteiger partial charge in [-0.15, -0.1) is 0 Å². The molecule has 0 aromatic heterocycles. The summed E-state index contributed by atoms with van der Waals surface area (Å²) in [4.78, 5) is 7.30. The van der Waals surface area contributed by atoms with E-state index in [0.29, 0.717) is 18.6 Å². The third kappa shape index (κ3) is 6.15. The van der Waals surface area contributed by atoms with E-state index in [9.17, 15) is 0 Å². The first-order chi connectivity index (χ1) is 12.5. The van der Waals surface area contributed by atoms with Gasteiger partial charge in [0.15, 0.2) is 5.96 Å². The Hall–Kier alpha value is -1.30.